The van der Waals surface area contributed by atoms with Gasteiger partial charge in [0.05, 0.1) is 0 Å². The molecule has 2 nitrogen and oxygen atoms in total. The molecule has 1 aliphatic rings. The largest absolute Gasteiger partial charge is 0.489 e. The first-order valence-electron chi connectivity index (χ1n) is 5.84. The van der Waals surface area contributed by atoms with Crippen LogP contribution >= 0.6 is 0 Å². The number of rotatable bonds is 4. The van der Waals surface area contributed by atoms with Crippen molar-refractivity contribution in [3.8, 4) is 5.75 Å². The topological polar surface area (TPSA) is 26.3 Å². The number of carbonyl (C=O) groups is 1. The fourth-order valence-corrected chi connectivity index (χ4v) is 1.85. The van der Waals surface area contributed by atoms with Crippen LogP contribution in [0, 0.1) is 6.92 Å². The van der Waals surface area contributed by atoms with E-state index in [0.29, 0.717) is 12.2 Å². The van der Waals surface area contributed by atoms with Gasteiger partial charge in [0.15, 0.2) is 0 Å². The highest BCUT2D eigenvalue weighted by Crippen LogP contribution is 2.21. The summed E-state index contributed by atoms with van der Waals surface area (Å²) in [4.78, 5) is 10.8. The maximum Gasteiger partial charge on any atom is 0.150 e. The van der Waals surface area contributed by atoms with E-state index in [1.807, 2.05) is 19.1 Å². The monoisotopic (exact) mass is 228 g/mol. The smallest absolute Gasteiger partial charge is 0.150 e. The minimum absolute atomic E-state index is 0.569. The summed E-state index contributed by atoms with van der Waals surface area (Å²) in [6.45, 7) is 2.48. The third-order valence-corrected chi connectivity index (χ3v) is 2.92. The Labute approximate surface area is 102 Å². The molecule has 88 valence electrons. The summed E-state index contributed by atoms with van der Waals surface area (Å²) in [6.07, 6.45) is 9.52. The zero-order valence-electron chi connectivity index (χ0n) is 9.98. The second kappa shape index (κ2) is 5.48. The molecule has 0 bridgehead atoms. The molecule has 0 saturated carbocycles. The average Bonchev–Trinajstić information content (AvgIpc) is 2.39. The van der Waals surface area contributed by atoms with Gasteiger partial charge in [0, 0.05) is 11.1 Å². The Balaban J connectivity index is 2.06. The lowest BCUT2D eigenvalue weighted by Gasteiger charge is -2.12. The summed E-state index contributed by atoms with van der Waals surface area (Å²) in [7, 11) is 0. The van der Waals surface area contributed by atoms with Gasteiger partial charge in [-0.1, -0.05) is 30.4 Å². The molecular weight excluding hydrogens is 212 g/mol. The van der Waals surface area contributed by atoms with Gasteiger partial charge in [-0.3, -0.25) is 4.79 Å². The maximum atomic E-state index is 10.8. The van der Waals surface area contributed by atoms with Crippen molar-refractivity contribution in [2.75, 3.05) is 6.61 Å². The van der Waals surface area contributed by atoms with Gasteiger partial charge in [-0.25, -0.2) is 0 Å². The molecule has 0 spiro atoms. The normalized spacial score (nSPS) is 14.3. The minimum atomic E-state index is 0.569. The lowest BCUT2D eigenvalue weighted by Crippen LogP contribution is -2.03. The van der Waals surface area contributed by atoms with E-state index in [1.54, 1.807) is 6.07 Å². The minimum Gasteiger partial charge on any atom is -0.489 e. The molecule has 0 atom stereocenters. The van der Waals surface area contributed by atoms with E-state index >= 15 is 0 Å². The predicted octanol–water partition coefficient (Wildman–Crippen LogP) is 3.46. The summed E-state index contributed by atoms with van der Waals surface area (Å²) >= 11 is 0. The van der Waals surface area contributed by atoms with E-state index in [-0.39, 0.29) is 0 Å². The summed E-state index contributed by atoms with van der Waals surface area (Å²) < 4.78 is 5.74. The molecule has 1 aliphatic carbocycles. The second-order valence-electron chi connectivity index (χ2n) is 4.14. The molecule has 2 heteroatoms. The van der Waals surface area contributed by atoms with Crippen LogP contribution in [-0.4, -0.2) is 12.9 Å². The fourth-order valence-electron chi connectivity index (χ4n) is 1.85. The van der Waals surface area contributed by atoms with Crippen molar-refractivity contribution in [3.63, 3.8) is 0 Å². The lowest BCUT2D eigenvalue weighted by molar-refractivity contribution is 0.112. The van der Waals surface area contributed by atoms with Crippen LogP contribution in [0.15, 0.2) is 42.0 Å². The van der Waals surface area contributed by atoms with Gasteiger partial charge in [0.25, 0.3) is 0 Å². The molecular formula is C15H16O2. The van der Waals surface area contributed by atoms with Crippen LogP contribution in [0.1, 0.15) is 28.8 Å². The van der Waals surface area contributed by atoms with Crippen LogP contribution in [0.4, 0.5) is 0 Å². The van der Waals surface area contributed by atoms with Crippen LogP contribution < -0.4 is 4.74 Å². The highest BCUT2D eigenvalue weighted by Gasteiger charge is 2.05. The predicted molar refractivity (Wildman–Crippen MR) is 68.5 cm³/mol. The maximum absolute atomic E-state index is 10.8. The number of benzene rings is 1. The Kier molecular flexibility index (Phi) is 3.76. The number of hydrogen-bond acceptors (Lipinski definition) is 2. The van der Waals surface area contributed by atoms with Crippen LogP contribution in [0.2, 0.25) is 0 Å². The molecule has 0 radical (unpaired) electrons. The third-order valence-electron chi connectivity index (χ3n) is 2.92. The van der Waals surface area contributed by atoms with Gasteiger partial charge in [-0.05, 0) is 31.4 Å². The Morgan fingerprint density at radius 3 is 2.94 bits per heavy atom. The molecule has 0 heterocycles. The lowest BCUT2D eigenvalue weighted by atomic mass is 10.1. The van der Waals surface area contributed by atoms with E-state index in [0.717, 1.165) is 30.4 Å². The number of allylic oxidation sites excluding steroid dienone is 2. The fraction of sp³-hybridized carbons (Fsp3) is 0.267. The average molecular weight is 228 g/mol. The van der Waals surface area contributed by atoms with Crippen molar-refractivity contribution >= 4 is 6.29 Å². The van der Waals surface area contributed by atoms with E-state index in [1.165, 1.54) is 5.57 Å². The Morgan fingerprint density at radius 2 is 2.24 bits per heavy atom. The van der Waals surface area contributed by atoms with Gasteiger partial charge in [-0.15, -0.1) is 0 Å². The number of carbonyl (C=O) groups excluding carboxylic acids is 1. The molecule has 0 unspecified atom stereocenters. The van der Waals surface area contributed by atoms with Crippen molar-refractivity contribution in [2.45, 2.75) is 19.8 Å². The summed E-state index contributed by atoms with van der Waals surface area (Å²) in [5, 5.41) is 0. The molecule has 0 aromatic heterocycles. The first kappa shape index (κ1) is 11.6. The molecule has 2 rings (SSSR count). The summed E-state index contributed by atoms with van der Waals surface area (Å²) in [6, 6.07) is 5.54. The summed E-state index contributed by atoms with van der Waals surface area (Å²) in [5.74, 6) is 0.787. The molecule has 0 saturated heterocycles. The van der Waals surface area contributed by atoms with Crippen molar-refractivity contribution < 1.29 is 9.53 Å². The van der Waals surface area contributed by atoms with Crippen molar-refractivity contribution in [1.82, 2.24) is 0 Å². The van der Waals surface area contributed by atoms with Crippen molar-refractivity contribution in [2.24, 2.45) is 0 Å². The Hall–Kier alpha value is -1.83. The van der Waals surface area contributed by atoms with Crippen LogP contribution in [-0.2, 0) is 0 Å². The third kappa shape index (κ3) is 2.84. The molecule has 0 aliphatic heterocycles. The Morgan fingerprint density at radius 1 is 1.35 bits per heavy atom. The number of ether oxygens (including phenoxy) is 1. The second-order valence-corrected chi connectivity index (χ2v) is 4.14. The number of aldehydes is 1. The van der Waals surface area contributed by atoms with Gasteiger partial charge in [0.1, 0.15) is 18.6 Å². The van der Waals surface area contributed by atoms with E-state index in [9.17, 15) is 4.79 Å². The first-order chi connectivity index (χ1) is 8.31. The Bertz CT molecular complexity index is 470. The molecule has 0 N–H and O–H groups in total. The highest BCUT2D eigenvalue weighted by molar-refractivity contribution is 5.78. The summed E-state index contributed by atoms with van der Waals surface area (Å²) in [5.41, 5.74) is 2.80. The van der Waals surface area contributed by atoms with E-state index in [4.69, 9.17) is 4.74 Å². The molecule has 1 aromatic rings. The van der Waals surface area contributed by atoms with E-state index in [2.05, 4.69) is 18.2 Å². The molecule has 0 amide bonds. The molecule has 0 fully saturated rings. The van der Waals surface area contributed by atoms with Crippen LogP contribution in [0.3, 0.4) is 0 Å². The van der Waals surface area contributed by atoms with Gasteiger partial charge < -0.3 is 4.74 Å². The zero-order valence-corrected chi connectivity index (χ0v) is 9.98. The van der Waals surface area contributed by atoms with Gasteiger partial charge in [-0.2, -0.15) is 0 Å². The van der Waals surface area contributed by atoms with Crippen molar-refractivity contribution in [1.29, 1.82) is 0 Å². The zero-order chi connectivity index (χ0) is 12.1. The van der Waals surface area contributed by atoms with Gasteiger partial charge in [0.2, 0.25) is 0 Å². The van der Waals surface area contributed by atoms with Crippen LogP contribution in [0.25, 0.3) is 0 Å². The van der Waals surface area contributed by atoms with Crippen molar-refractivity contribution in [3.05, 3.63) is 53.1 Å². The first-order valence-corrected chi connectivity index (χ1v) is 5.84. The van der Waals surface area contributed by atoms with Gasteiger partial charge >= 0.3 is 0 Å². The molecule has 1 aromatic carbocycles. The number of hydrogen-bond donors (Lipinski definition) is 0. The quantitative estimate of drug-likeness (QED) is 0.738. The van der Waals surface area contributed by atoms with Crippen LogP contribution in [0.5, 0.6) is 5.75 Å². The van der Waals surface area contributed by atoms with E-state index < -0.39 is 0 Å². The highest BCUT2D eigenvalue weighted by atomic mass is 16.5. The SMILES string of the molecule is Cc1c(C=O)cccc1OCC1=CCCC=C1. The standard InChI is InChI=1S/C15H16O2/c1-12-14(10-16)8-5-9-15(12)17-11-13-6-3-2-4-7-13/h3,5-10H,2,4,11H2,1H3. The molecule has 17 heavy (non-hydrogen) atoms.